The van der Waals surface area contributed by atoms with Gasteiger partial charge < -0.3 is 23.7 Å². The Bertz CT molecular complexity index is 1030. The summed E-state index contributed by atoms with van der Waals surface area (Å²) in [6.07, 6.45) is 3.75. The van der Waals surface area contributed by atoms with Gasteiger partial charge in [0.15, 0.2) is 5.75 Å². The molecule has 0 N–H and O–H groups in total. The second-order valence-electron chi connectivity index (χ2n) is 9.56. The van der Waals surface area contributed by atoms with Gasteiger partial charge in [-0.3, -0.25) is 14.5 Å². The van der Waals surface area contributed by atoms with Crippen molar-refractivity contribution in [2.24, 2.45) is 5.92 Å². The molecule has 0 aromatic heterocycles. The molecule has 0 bridgehead atoms. The van der Waals surface area contributed by atoms with E-state index >= 15 is 0 Å². The van der Waals surface area contributed by atoms with Gasteiger partial charge in [0.1, 0.15) is 24.5 Å². The van der Waals surface area contributed by atoms with Crippen LogP contribution in [0.15, 0.2) is 11.6 Å². The van der Waals surface area contributed by atoms with Crippen LogP contribution >= 0.6 is 0 Å². The smallest absolute Gasteiger partial charge is 0.342 e. The molecule has 204 valence electrons. The van der Waals surface area contributed by atoms with E-state index in [9.17, 15) is 14.4 Å². The molecule has 0 spiro atoms. The molecule has 9 heteroatoms. The minimum Gasteiger partial charge on any atom is -0.496 e. The van der Waals surface area contributed by atoms with Crippen molar-refractivity contribution < 1.29 is 38.1 Å². The fraction of sp³-hybridized carbons (Fsp3) is 0.607. The van der Waals surface area contributed by atoms with E-state index < -0.39 is 11.9 Å². The third-order valence-electron chi connectivity index (χ3n) is 7.00. The highest BCUT2D eigenvalue weighted by molar-refractivity contribution is 5.99. The molecule has 9 nitrogen and oxygen atoms in total. The molecule has 1 unspecified atom stereocenters. The van der Waals surface area contributed by atoms with E-state index in [1.54, 1.807) is 14.0 Å². The third-order valence-corrected chi connectivity index (χ3v) is 7.00. The van der Waals surface area contributed by atoms with Crippen LogP contribution in [-0.2, 0) is 36.8 Å². The Balaban J connectivity index is 1.69. The van der Waals surface area contributed by atoms with Gasteiger partial charge in [-0.25, -0.2) is 4.79 Å². The minimum absolute atomic E-state index is 0.118. The molecule has 2 aliphatic rings. The highest BCUT2D eigenvalue weighted by Gasteiger charge is 2.34. The Labute approximate surface area is 219 Å². The summed E-state index contributed by atoms with van der Waals surface area (Å²) >= 11 is 0. The monoisotopic (exact) mass is 517 g/mol. The van der Waals surface area contributed by atoms with Gasteiger partial charge >= 0.3 is 17.9 Å². The van der Waals surface area contributed by atoms with E-state index in [0.717, 1.165) is 24.2 Å². The second kappa shape index (κ2) is 13.6. The van der Waals surface area contributed by atoms with Crippen LogP contribution in [0.3, 0.4) is 0 Å². The largest absolute Gasteiger partial charge is 0.496 e. The first-order chi connectivity index (χ1) is 17.8. The molecule has 37 heavy (non-hydrogen) atoms. The zero-order valence-corrected chi connectivity index (χ0v) is 22.6. The quantitative estimate of drug-likeness (QED) is 0.233. The number of methoxy groups -OCH3 is 1. The molecule has 0 radical (unpaired) electrons. The predicted octanol–water partition coefficient (Wildman–Crippen LogP) is 3.77. The highest BCUT2D eigenvalue weighted by Crippen LogP contribution is 2.43. The minimum atomic E-state index is -0.505. The lowest BCUT2D eigenvalue weighted by molar-refractivity contribution is -0.144. The van der Waals surface area contributed by atoms with Crippen molar-refractivity contribution in [1.82, 2.24) is 4.90 Å². The van der Waals surface area contributed by atoms with Crippen molar-refractivity contribution in [3.05, 3.63) is 33.9 Å². The average molecular weight is 518 g/mol. The van der Waals surface area contributed by atoms with Crippen LogP contribution in [0.25, 0.3) is 0 Å². The summed E-state index contributed by atoms with van der Waals surface area (Å²) in [6.45, 7) is 11.8. The van der Waals surface area contributed by atoms with Gasteiger partial charge in [0.2, 0.25) is 0 Å². The molecule has 2 heterocycles. The lowest BCUT2D eigenvalue weighted by Gasteiger charge is -2.26. The average Bonchev–Trinajstić information content (AvgIpc) is 3.29. The molecular formula is C28H39NO8. The molecule has 2 aliphatic heterocycles. The lowest BCUT2D eigenvalue weighted by Crippen LogP contribution is -2.38. The number of carbonyl (C=O) groups is 3. The second-order valence-corrected chi connectivity index (χ2v) is 9.56. The number of morpholine rings is 1. The van der Waals surface area contributed by atoms with Crippen molar-refractivity contribution >= 4 is 17.9 Å². The van der Waals surface area contributed by atoms with Crippen molar-refractivity contribution in [3.8, 4) is 11.5 Å². The predicted molar refractivity (Wildman–Crippen MR) is 137 cm³/mol. The molecule has 1 aromatic carbocycles. The third kappa shape index (κ3) is 7.32. The molecule has 0 saturated carbocycles. The van der Waals surface area contributed by atoms with Crippen LogP contribution in [0.2, 0.25) is 0 Å². The summed E-state index contributed by atoms with van der Waals surface area (Å²) in [7, 11) is 1.56. The number of carbonyl (C=O) groups excluding carboxylic acids is 3. The first kappa shape index (κ1) is 28.7. The molecule has 0 aliphatic carbocycles. The zero-order chi connectivity index (χ0) is 26.9. The number of benzene rings is 1. The SMILES string of the molecule is CCC(C)C(=O)Oc1c(C/C=C(\C)CCC(=O)OCCN2CCOCC2)c(OC)c(C)c2c1C(=O)OC2. The maximum absolute atomic E-state index is 12.7. The topological polar surface area (TPSA) is 101 Å². The number of nitrogens with zero attached hydrogens (tertiary/aromatic N) is 1. The van der Waals surface area contributed by atoms with Crippen molar-refractivity contribution in [2.75, 3.05) is 46.6 Å². The first-order valence-electron chi connectivity index (χ1n) is 13.0. The highest BCUT2D eigenvalue weighted by atomic mass is 16.6. The van der Waals surface area contributed by atoms with Gasteiger partial charge in [-0.2, -0.15) is 0 Å². The van der Waals surface area contributed by atoms with Gasteiger partial charge in [-0.1, -0.05) is 25.5 Å². The van der Waals surface area contributed by atoms with Gasteiger partial charge in [0.05, 0.1) is 26.2 Å². The fourth-order valence-electron chi connectivity index (χ4n) is 4.35. The maximum Gasteiger partial charge on any atom is 0.342 e. The molecule has 1 saturated heterocycles. The van der Waals surface area contributed by atoms with Crippen molar-refractivity contribution in [1.29, 1.82) is 0 Å². The van der Waals surface area contributed by atoms with E-state index in [0.29, 0.717) is 68.1 Å². The van der Waals surface area contributed by atoms with Gasteiger partial charge in [-0.15, -0.1) is 0 Å². The van der Waals surface area contributed by atoms with Crippen molar-refractivity contribution in [2.45, 2.75) is 60.0 Å². The van der Waals surface area contributed by atoms with Crippen LogP contribution in [0.5, 0.6) is 11.5 Å². The Morgan fingerprint density at radius 2 is 1.89 bits per heavy atom. The molecule has 1 aromatic rings. The summed E-state index contributed by atoms with van der Waals surface area (Å²) in [6, 6.07) is 0. The van der Waals surface area contributed by atoms with Crippen LogP contribution in [0, 0.1) is 12.8 Å². The van der Waals surface area contributed by atoms with Crippen LogP contribution < -0.4 is 9.47 Å². The number of hydrogen-bond donors (Lipinski definition) is 0. The normalized spacial score (nSPS) is 16.7. The van der Waals surface area contributed by atoms with E-state index in [-0.39, 0.29) is 30.7 Å². The van der Waals surface area contributed by atoms with E-state index in [4.69, 9.17) is 23.7 Å². The van der Waals surface area contributed by atoms with Crippen LogP contribution in [0.4, 0.5) is 0 Å². The molecule has 3 rings (SSSR count). The number of rotatable bonds is 12. The standard InChI is InChI=1S/C28H39NO8/c1-6-19(3)27(31)37-26-21(25(33-5)20(4)22-17-36-28(32)24(22)26)9-7-18(2)8-10-23(30)35-16-13-29-11-14-34-15-12-29/h7,19H,6,8-17H2,1-5H3/b18-7+. The van der Waals surface area contributed by atoms with E-state index in [1.807, 2.05) is 26.8 Å². The molecular weight excluding hydrogens is 478 g/mol. The first-order valence-corrected chi connectivity index (χ1v) is 13.0. The number of cyclic esters (lactones) is 1. The number of esters is 3. The number of fused-ring (bicyclic) bond motifs is 1. The fourth-order valence-corrected chi connectivity index (χ4v) is 4.35. The van der Waals surface area contributed by atoms with Gasteiger partial charge in [0, 0.05) is 37.2 Å². The summed E-state index contributed by atoms with van der Waals surface area (Å²) in [5.74, 6) is -0.698. The molecule has 0 amide bonds. The number of ether oxygens (including phenoxy) is 5. The van der Waals surface area contributed by atoms with Crippen LogP contribution in [-0.4, -0.2) is 69.4 Å². The summed E-state index contributed by atoms with van der Waals surface area (Å²) in [4.78, 5) is 39.7. The number of allylic oxidation sites excluding steroid dienone is 2. The Morgan fingerprint density at radius 3 is 2.57 bits per heavy atom. The Morgan fingerprint density at radius 1 is 1.16 bits per heavy atom. The van der Waals surface area contributed by atoms with Gasteiger partial charge in [0.25, 0.3) is 0 Å². The zero-order valence-electron chi connectivity index (χ0n) is 22.6. The lowest BCUT2D eigenvalue weighted by atomic mass is 9.94. The van der Waals surface area contributed by atoms with Crippen LogP contribution in [0.1, 0.15) is 67.1 Å². The molecule has 1 fully saturated rings. The van der Waals surface area contributed by atoms with Gasteiger partial charge in [-0.05, 0) is 38.7 Å². The van der Waals surface area contributed by atoms with E-state index in [2.05, 4.69) is 4.90 Å². The molecule has 1 atom stereocenters. The summed E-state index contributed by atoms with van der Waals surface area (Å²) in [5, 5.41) is 0. The number of hydrogen-bond acceptors (Lipinski definition) is 9. The summed E-state index contributed by atoms with van der Waals surface area (Å²) < 4.78 is 27.5. The van der Waals surface area contributed by atoms with E-state index in [1.165, 1.54) is 0 Å². The Hall–Kier alpha value is -2.91. The van der Waals surface area contributed by atoms with Crippen molar-refractivity contribution in [3.63, 3.8) is 0 Å². The maximum atomic E-state index is 12.7. The summed E-state index contributed by atoms with van der Waals surface area (Å²) in [5.41, 5.74) is 3.35. The Kier molecular flexibility index (Phi) is 10.5.